The Hall–Kier alpha value is -1.41. The second kappa shape index (κ2) is 3.56. The van der Waals surface area contributed by atoms with E-state index < -0.39 is 26.8 Å². The molecule has 0 spiro atoms. The molecular formula is C11H10FNO2S. The molecular weight excluding hydrogens is 229 g/mol. The van der Waals surface area contributed by atoms with Crippen LogP contribution in [-0.2, 0) is 9.84 Å². The van der Waals surface area contributed by atoms with E-state index in [-0.39, 0.29) is 5.92 Å². The number of hydrogen-bond donors (Lipinski definition) is 0. The Morgan fingerprint density at radius 1 is 1.44 bits per heavy atom. The monoisotopic (exact) mass is 239 g/mol. The molecule has 0 unspecified atom stereocenters. The maximum absolute atomic E-state index is 13.0. The number of nitriles is 1. The lowest BCUT2D eigenvalue weighted by Gasteiger charge is -1.98. The van der Waals surface area contributed by atoms with E-state index in [0.717, 1.165) is 6.26 Å². The van der Waals surface area contributed by atoms with Crippen LogP contribution in [0.2, 0.25) is 0 Å². The standard InChI is InChI=1S/C11H10FNO2S/c1-16(14,15)11-9(6-13)10(11)7-3-2-4-8(12)5-7/h2-5,9-11H,1H3/t9-,10-,11-/m1/s1. The highest BCUT2D eigenvalue weighted by molar-refractivity contribution is 7.91. The molecule has 0 aromatic heterocycles. The Bertz CT molecular complexity index is 562. The van der Waals surface area contributed by atoms with Gasteiger partial charge < -0.3 is 0 Å². The molecule has 16 heavy (non-hydrogen) atoms. The number of nitrogens with zero attached hydrogens (tertiary/aromatic N) is 1. The smallest absolute Gasteiger partial charge is 0.152 e. The molecule has 0 aliphatic heterocycles. The third-order valence-electron chi connectivity index (χ3n) is 2.83. The van der Waals surface area contributed by atoms with Crippen molar-refractivity contribution in [3.63, 3.8) is 0 Å². The van der Waals surface area contributed by atoms with E-state index in [4.69, 9.17) is 5.26 Å². The van der Waals surface area contributed by atoms with Gasteiger partial charge in [0.05, 0.1) is 17.2 Å². The highest BCUT2D eigenvalue weighted by Gasteiger charge is 2.57. The third-order valence-corrected chi connectivity index (χ3v) is 4.41. The fraction of sp³-hybridized carbons (Fsp3) is 0.364. The van der Waals surface area contributed by atoms with Crippen molar-refractivity contribution >= 4 is 9.84 Å². The van der Waals surface area contributed by atoms with Crippen LogP contribution in [0.5, 0.6) is 0 Å². The van der Waals surface area contributed by atoms with Gasteiger partial charge in [0, 0.05) is 12.2 Å². The summed E-state index contributed by atoms with van der Waals surface area (Å²) in [6.07, 6.45) is 1.11. The van der Waals surface area contributed by atoms with E-state index in [9.17, 15) is 12.8 Å². The Labute approximate surface area is 93.4 Å². The molecule has 1 aromatic rings. The van der Waals surface area contributed by atoms with Crippen LogP contribution in [-0.4, -0.2) is 19.9 Å². The summed E-state index contributed by atoms with van der Waals surface area (Å²) in [6.45, 7) is 0. The highest BCUT2D eigenvalue weighted by atomic mass is 32.2. The number of benzene rings is 1. The quantitative estimate of drug-likeness (QED) is 0.785. The molecule has 0 heterocycles. The van der Waals surface area contributed by atoms with Crippen molar-refractivity contribution in [2.24, 2.45) is 5.92 Å². The van der Waals surface area contributed by atoms with E-state index in [2.05, 4.69) is 0 Å². The van der Waals surface area contributed by atoms with Gasteiger partial charge in [0.2, 0.25) is 0 Å². The topological polar surface area (TPSA) is 57.9 Å². The fourth-order valence-corrected chi connectivity index (χ4v) is 3.61. The van der Waals surface area contributed by atoms with Gasteiger partial charge in [-0.05, 0) is 17.7 Å². The number of hydrogen-bond acceptors (Lipinski definition) is 3. The van der Waals surface area contributed by atoms with E-state index in [0.29, 0.717) is 5.56 Å². The van der Waals surface area contributed by atoms with E-state index >= 15 is 0 Å². The van der Waals surface area contributed by atoms with E-state index in [1.165, 1.54) is 18.2 Å². The molecule has 0 bridgehead atoms. The summed E-state index contributed by atoms with van der Waals surface area (Å²) in [5, 5.41) is 8.15. The van der Waals surface area contributed by atoms with Crippen LogP contribution in [0.15, 0.2) is 24.3 Å². The summed E-state index contributed by atoms with van der Waals surface area (Å²) in [6, 6.07) is 7.73. The van der Waals surface area contributed by atoms with Gasteiger partial charge in [0.1, 0.15) is 5.82 Å². The zero-order valence-electron chi connectivity index (χ0n) is 8.59. The molecule has 0 radical (unpaired) electrons. The van der Waals surface area contributed by atoms with Crippen LogP contribution < -0.4 is 0 Å². The van der Waals surface area contributed by atoms with Crippen molar-refractivity contribution in [2.75, 3.05) is 6.26 Å². The zero-order chi connectivity index (χ0) is 11.9. The third kappa shape index (κ3) is 1.81. The Kier molecular flexibility index (Phi) is 2.47. The van der Waals surface area contributed by atoms with Crippen LogP contribution in [0.1, 0.15) is 11.5 Å². The summed E-state index contributed by atoms with van der Waals surface area (Å²) in [5.41, 5.74) is 0.585. The first-order valence-electron chi connectivity index (χ1n) is 4.79. The number of sulfone groups is 1. The maximum Gasteiger partial charge on any atom is 0.152 e. The molecule has 1 aliphatic carbocycles. The predicted octanol–water partition coefficient (Wildman–Crippen LogP) is 1.48. The maximum atomic E-state index is 13.0. The lowest BCUT2D eigenvalue weighted by molar-refractivity contribution is 0.598. The molecule has 0 N–H and O–H groups in total. The summed E-state index contributed by atoms with van der Waals surface area (Å²) in [7, 11) is -3.25. The molecule has 84 valence electrons. The van der Waals surface area contributed by atoms with Gasteiger partial charge >= 0.3 is 0 Å². The predicted molar refractivity (Wildman–Crippen MR) is 56.9 cm³/mol. The molecule has 1 aromatic carbocycles. The first-order valence-corrected chi connectivity index (χ1v) is 6.74. The molecule has 2 rings (SSSR count). The van der Waals surface area contributed by atoms with Crippen LogP contribution >= 0.6 is 0 Å². The SMILES string of the molecule is CS(=O)(=O)[C@@H]1[C@H](C#N)[C@H]1c1cccc(F)c1. The molecule has 3 atom stereocenters. The average Bonchev–Trinajstić information content (AvgIpc) is 2.91. The molecule has 0 saturated heterocycles. The van der Waals surface area contributed by atoms with Gasteiger partial charge in [0.25, 0.3) is 0 Å². The van der Waals surface area contributed by atoms with E-state index in [1.807, 2.05) is 6.07 Å². The van der Waals surface area contributed by atoms with Crippen molar-refractivity contribution in [1.82, 2.24) is 0 Å². The minimum absolute atomic E-state index is 0.379. The average molecular weight is 239 g/mol. The van der Waals surface area contributed by atoms with Crippen molar-refractivity contribution < 1.29 is 12.8 Å². The van der Waals surface area contributed by atoms with Crippen molar-refractivity contribution in [1.29, 1.82) is 5.26 Å². The Balaban J connectivity index is 2.35. The first kappa shape index (κ1) is 11.1. The molecule has 5 heteroatoms. The number of halogens is 1. The zero-order valence-corrected chi connectivity index (χ0v) is 9.41. The molecule has 1 fully saturated rings. The van der Waals surface area contributed by atoms with Crippen LogP contribution in [0.4, 0.5) is 4.39 Å². The summed E-state index contributed by atoms with van der Waals surface area (Å²) in [5.74, 6) is -1.33. The normalized spacial score (nSPS) is 28.4. The van der Waals surface area contributed by atoms with E-state index in [1.54, 1.807) is 6.07 Å². The fourth-order valence-electron chi connectivity index (χ4n) is 2.08. The van der Waals surface area contributed by atoms with Crippen molar-refractivity contribution in [3.05, 3.63) is 35.6 Å². The second-order valence-corrected chi connectivity index (χ2v) is 6.23. The Morgan fingerprint density at radius 3 is 2.56 bits per heavy atom. The number of rotatable bonds is 2. The largest absolute Gasteiger partial charge is 0.229 e. The van der Waals surface area contributed by atoms with Gasteiger partial charge in [-0.15, -0.1) is 0 Å². The highest BCUT2D eigenvalue weighted by Crippen LogP contribution is 2.51. The minimum Gasteiger partial charge on any atom is -0.229 e. The van der Waals surface area contributed by atoms with Gasteiger partial charge in [-0.3, -0.25) is 0 Å². The molecule has 1 saturated carbocycles. The first-order chi connectivity index (χ1) is 7.45. The van der Waals surface area contributed by atoms with Gasteiger partial charge in [-0.25, -0.2) is 12.8 Å². The van der Waals surface area contributed by atoms with Crippen LogP contribution in [0.25, 0.3) is 0 Å². The van der Waals surface area contributed by atoms with Gasteiger partial charge in [-0.1, -0.05) is 12.1 Å². The van der Waals surface area contributed by atoms with Crippen LogP contribution in [0, 0.1) is 23.1 Å². The lowest BCUT2D eigenvalue weighted by atomic mass is 10.1. The summed E-state index contributed by atoms with van der Waals surface area (Å²) >= 11 is 0. The molecule has 3 nitrogen and oxygen atoms in total. The summed E-state index contributed by atoms with van der Waals surface area (Å²) in [4.78, 5) is 0. The summed E-state index contributed by atoms with van der Waals surface area (Å²) < 4.78 is 35.8. The molecule has 0 amide bonds. The Morgan fingerprint density at radius 2 is 2.12 bits per heavy atom. The minimum atomic E-state index is -3.25. The van der Waals surface area contributed by atoms with Crippen molar-refractivity contribution in [3.8, 4) is 6.07 Å². The van der Waals surface area contributed by atoms with Crippen molar-refractivity contribution in [2.45, 2.75) is 11.2 Å². The van der Waals surface area contributed by atoms with Gasteiger partial charge in [0.15, 0.2) is 9.84 Å². The van der Waals surface area contributed by atoms with Crippen LogP contribution in [0.3, 0.4) is 0 Å². The van der Waals surface area contributed by atoms with Gasteiger partial charge in [-0.2, -0.15) is 5.26 Å². The molecule has 1 aliphatic rings. The second-order valence-electron chi connectivity index (χ2n) is 4.03. The lowest BCUT2D eigenvalue weighted by Crippen LogP contribution is -2.06.